The zero-order valence-corrected chi connectivity index (χ0v) is 15.4. The van der Waals surface area contributed by atoms with Gasteiger partial charge in [-0.15, -0.1) is 0 Å². The molecule has 0 saturated carbocycles. The highest BCUT2D eigenvalue weighted by Crippen LogP contribution is 2.11. The Morgan fingerprint density at radius 3 is 2.29 bits per heavy atom. The molecule has 0 aliphatic carbocycles. The molecule has 0 atom stereocenters. The lowest BCUT2D eigenvalue weighted by molar-refractivity contribution is 0.288. The van der Waals surface area contributed by atoms with Gasteiger partial charge in [0.05, 0.1) is 11.9 Å². The van der Waals surface area contributed by atoms with Crippen LogP contribution in [0.25, 0.3) is 0 Å². The number of allylic oxidation sites excluding steroid dienone is 1. The van der Waals surface area contributed by atoms with E-state index in [0.29, 0.717) is 0 Å². The Morgan fingerprint density at radius 2 is 1.67 bits per heavy atom. The van der Waals surface area contributed by atoms with E-state index in [4.69, 9.17) is 0 Å². The number of imidazole rings is 1. The van der Waals surface area contributed by atoms with E-state index in [9.17, 15) is 0 Å². The number of aryl methyl sites for hydroxylation is 1. The molecule has 2 N–H and O–H groups in total. The molecule has 0 unspecified atom stereocenters. The van der Waals surface area contributed by atoms with Gasteiger partial charge >= 0.3 is 0 Å². The molecule has 0 bridgehead atoms. The third-order valence-electron chi connectivity index (χ3n) is 4.47. The third kappa shape index (κ3) is 6.38. The first-order valence-electron chi connectivity index (χ1n) is 9.66. The lowest BCUT2D eigenvalue weighted by atomic mass is 10.1. The molecule has 1 aliphatic rings. The molecule has 0 saturated heterocycles. The van der Waals surface area contributed by atoms with Crippen LogP contribution in [-0.2, 0) is 6.42 Å². The van der Waals surface area contributed by atoms with Crippen LogP contribution < -0.4 is 5.53 Å². The first-order chi connectivity index (χ1) is 11.8. The second-order valence-electron chi connectivity index (χ2n) is 6.52. The van der Waals surface area contributed by atoms with Crippen molar-refractivity contribution in [3.05, 3.63) is 30.0 Å². The summed E-state index contributed by atoms with van der Waals surface area (Å²) >= 11 is 0. The van der Waals surface area contributed by atoms with Gasteiger partial charge in [0.25, 0.3) is 0 Å². The molecular weight excluding hydrogens is 298 g/mol. The summed E-state index contributed by atoms with van der Waals surface area (Å²) in [6.45, 7) is 5.24. The van der Waals surface area contributed by atoms with Gasteiger partial charge in [-0.1, -0.05) is 58.3 Å². The summed E-state index contributed by atoms with van der Waals surface area (Å²) in [7, 11) is 0. The molecule has 0 radical (unpaired) electrons. The fourth-order valence-corrected chi connectivity index (χ4v) is 2.90. The number of hydrazone groups is 1. The second-order valence-corrected chi connectivity index (χ2v) is 6.52. The number of hydrazine groups is 1. The number of hydrogen-bond donors (Lipinski definition) is 2. The SMILES string of the molecule is CCCCCCCCCCCc1ncc(C2=NNN(CC)C=C2)[nH]1. The molecule has 1 aromatic rings. The maximum Gasteiger partial charge on any atom is 0.111 e. The summed E-state index contributed by atoms with van der Waals surface area (Å²) in [5.41, 5.74) is 4.89. The zero-order valence-electron chi connectivity index (χ0n) is 15.4. The first-order valence-corrected chi connectivity index (χ1v) is 9.66. The summed E-state index contributed by atoms with van der Waals surface area (Å²) < 4.78 is 0. The van der Waals surface area contributed by atoms with E-state index in [-0.39, 0.29) is 0 Å². The Balaban J connectivity index is 1.59. The maximum absolute atomic E-state index is 4.49. The summed E-state index contributed by atoms with van der Waals surface area (Å²) in [5.74, 6) is 1.07. The normalized spacial score (nSPS) is 13.9. The van der Waals surface area contributed by atoms with E-state index < -0.39 is 0 Å². The van der Waals surface area contributed by atoms with Gasteiger partial charge in [0.1, 0.15) is 11.5 Å². The largest absolute Gasteiger partial charge is 0.341 e. The van der Waals surface area contributed by atoms with E-state index in [1.54, 1.807) is 0 Å². The molecular formula is C19H33N5. The van der Waals surface area contributed by atoms with E-state index in [1.165, 1.54) is 57.8 Å². The van der Waals surface area contributed by atoms with Gasteiger partial charge < -0.3 is 4.98 Å². The summed E-state index contributed by atoms with van der Waals surface area (Å²) in [6, 6.07) is 0. The standard InChI is InChI=1S/C19H33N5/c1-3-5-6-7-8-9-10-11-12-13-19-20-16-18(21-19)17-14-15-24(4-2)23-22-17/h14-16,23H,3-13H2,1-2H3,(H,20,21). The van der Waals surface area contributed by atoms with Crippen LogP contribution >= 0.6 is 0 Å². The van der Waals surface area contributed by atoms with Gasteiger partial charge in [0, 0.05) is 19.2 Å². The Morgan fingerprint density at radius 1 is 0.958 bits per heavy atom. The van der Waals surface area contributed by atoms with Crippen LogP contribution in [0.15, 0.2) is 23.6 Å². The number of H-pyrrole nitrogens is 1. The van der Waals surface area contributed by atoms with Gasteiger partial charge in [0.15, 0.2) is 0 Å². The van der Waals surface area contributed by atoms with Gasteiger partial charge in [0.2, 0.25) is 0 Å². The third-order valence-corrected chi connectivity index (χ3v) is 4.47. The Labute approximate surface area is 146 Å². The second kappa shape index (κ2) is 10.9. The maximum atomic E-state index is 4.49. The van der Waals surface area contributed by atoms with Crippen molar-refractivity contribution in [1.29, 1.82) is 0 Å². The number of aromatic amines is 1. The smallest absolute Gasteiger partial charge is 0.111 e. The number of rotatable bonds is 12. The molecule has 134 valence electrons. The summed E-state index contributed by atoms with van der Waals surface area (Å²) in [4.78, 5) is 7.88. The first kappa shape index (κ1) is 18.6. The van der Waals surface area contributed by atoms with Crippen molar-refractivity contribution in [3.63, 3.8) is 0 Å². The zero-order chi connectivity index (χ0) is 17.0. The molecule has 5 nitrogen and oxygen atoms in total. The predicted octanol–water partition coefficient (Wildman–Crippen LogP) is 4.54. The van der Waals surface area contributed by atoms with Crippen LogP contribution in [-0.4, -0.2) is 27.2 Å². The highest BCUT2D eigenvalue weighted by Gasteiger charge is 2.09. The molecule has 2 rings (SSSR count). The van der Waals surface area contributed by atoms with Crippen LogP contribution in [0.1, 0.15) is 83.2 Å². The molecule has 0 fully saturated rings. The van der Waals surface area contributed by atoms with Crippen LogP contribution in [0.4, 0.5) is 0 Å². The highest BCUT2D eigenvalue weighted by molar-refractivity contribution is 6.07. The monoisotopic (exact) mass is 331 g/mol. The van der Waals surface area contributed by atoms with Crippen LogP contribution in [0.2, 0.25) is 0 Å². The number of hydrogen-bond acceptors (Lipinski definition) is 4. The van der Waals surface area contributed by atoms with Crippen molar-refractivity contribution in [3.8, 4) is 0 Å². The Kier molecular flexibility index (Phi) is 8.42. The minimum Gasteiger partial charge on any atom is -0.341 e. The number of aromatic nitrogens is 2. The van der Waals surface area contributed by atoms with Crippen molar-refractivity contribution in [1.82, 2.24) is 20.5 Å². The van der Waals surface area contributed by atoms with Crippen molar-refractivity contribution in [2.75, 3.05) is 6.54 Å². The highest BCUT2D eigenvalue weighted by atomic mass is 15.7. The lowest BCUT2D eigenvalue weighted by Gasteiger charge is -2.20. The van der Waals surface area contributed by atoms with Crippen LogP contribution in [0.3, 0.4) is 0 Å². The van der Waals surface area contributed by atoms with Crippen molar-refractivity contribution >= 4 is 5.71 Å². The van der Waals surface area contributed by atoms with E-state index >= 15 is 0 Å². The van der Waals surface area contributed by atoms with Crippen molar-refractivity contribution in [2.45, 2.75) is 78.1 Å². The average molecular weight is 332 g/mol. The molecule has 24 heavy (non-hydrogen) atoms. The summed E-state index contributed by atoms with van der Waals surface area (Å²) in [6.07, 6.45) is 19.1. The molecule has 5 heteroatoms. The minimum absolute atomic E-state index is 0.889. The van der Waals surface area contributed by atoms with Gasteiger partial charge in [-0.05, 0) is 19.4 Å². The van der Waals surface area contributed by atoms with Gasteiger partial charge in [-0.3, -0.25) is 5.01 Å². The van der Waals surface area contributed by atoms with E-state index in [1.807, 2.05) is 23.5 Å². The van der Waals surface area contributed by atoms with Crippen molar-refractivity contribution < 1.29 is 0 Å². The Bertz CT molecular complexity index is 518. The fourth-order valence-electron chi connectivity index (χ4n) is 2.90. The minimum atomic E-state index is 0.889. The van der Waals surface area contributed by atoms with E-state index in [0.717, 1.165) is 30.2 Å². The summed E-state index contributed by atoms with van der Waals surface area (Å²) in [5, 5.41) is 6.28. The number of nitrogens with zero attached hydrogens (tertiary/aromatic N) is 3. The topological polar surface area (TPSA) is 56.3 Å². The lowest BCUT2D eigenvalue weighted by Crippen LogP contribution is -2.32. The molecule has 2 heterocycles. The van der Waals surface area contributed by atoms with Crippen LogP contribution in [0.5, 0.6) is 0 Å². The quantitative estimate of drug-likeness (QED) is 0.553. The van der Waals surface area contributed by atoms with E-state index in [2.05, 4.69) is 34.5 Å². The molecule has 0 spiro atoms. The fraction of sp³-hybridized carbons (Fsp3) is 0.684. The molecule has 0 amide bonds. The van der Waals surface area contributed by atoms with Gasteiger partial charge in [-0.2, -0.15) is 5.10 Å². The predicted molar refractivity (Wildman–Crippen MR) is 101 cm³/mol. The van der Waals surface area contributed by atoms with Gasteiger partial charge in [-0.25, -0.2) is 10.5 Å². The number of nitrogens with one attached hydrogen (secondary N) is 2. The Hall–Kier alpha value is -1.78. The molecule has 1 aromatic heterocycles. The van der Waals surface area contributed by atoms with Crippen LogP contribution in [0, 0.1) is 0 Å². The van der Waals surface area contributed by atoms with Crippen molar-refractivity contribution in [2.24, 2.45) is 5.10 Å². The molecule has 0 aromatic carbocycles. The molecule has 1 aliphatic heterocycles. The number of unbranched alkanes of at least 4 members (excludes halogenated alkanes) is 8. The average Bonchev–Trinajstić information content (AvgIpc) is 3.09.